The van der Waals surface area contributed by atoms with Gasteiger partial charge >= 0.3 is 0 Å². The van der Waals surface area contributed by atoms with E-state index in [1.807, 2.05) is 18.2 Å². The van der Waals surface area contributed by atoms with E-state index in [9.17, 15) is 4.79 Å². The fraction of sp³-hybridized carbons (Fsp3) is 0.182. The largest absolute Gasteiger partial charge is 0.374 e. The Labute approximate surface area is 109 Å². The van der Waals surface area contributed by atoms with Gasteiger partial charge in [-0.25, -0.2) is 0 Å². The van der Waals surface area contributed by atoms with Crippen LogP contribution in [0.3, 0.4) is 0 Å². The number of nitrogens with zero attached hydrogens (tertiary/aromatic N) is 4. The van der Waals surface area contributed by atoms with Crippen molar-refractivity contribution in [3.8, 4) is 0 Å². The summed E-state index contributed by atoms with van der Waals surface area (Å²) in [7, 11) is 0. The molecule has 92 valence electrons. The standard InChI is InChI=1S/C11H11N5OS/c1-7-9(10(17)16(15-7)11(12)18)14-13-8-5-3-2-4-6-8/h2-6,9H,1H3,(H2,12,18). The Morgan fingerprint density at radius 2 is 2.11 bits per heavy atom. The highest BCUT2D eigenvalue weighted by atomic mass is 32.1. The summed E-state index contributed by atoms with van der Waals surface area (Å²) in [5, 5.41) is 12.8. The number of nitrogens with two attached hydrogens (primary N) is 1. The van der Waals surface area contributed by atoms with Crippen molar-refractivity contribution in [2.24, 2.45) is 21.1 Å². The lowest BCUT2D eigenvalue weighted by Crippen LogP contribution is -2.37. The molecule has 2 rings (SSSR count). The average molecular weight is 261 g/mol. The van der Waals surface area contributed by atoms with Crippen molar-refractivity contribution in [2.45, 2.75) is 13.0 Å². The number of rotatable bonds is 2. The zero-order valence-corrected chi connectivity index (χ0v) is 10.5. The van der Waals surface area contributed by atoms with Crippen LogP contribution in [0, 0.1) is 0 Å². The van der Waals surface area contributed by atoms with Gasteiger partial charge in [-0.15, -0.1) is 0 Å². The van der Waals surface area contributed by atoms with Crippen LogP contribution in [0.15, 0.2) is 45.7 Å². The van der Waals surface area contributed by atoms with Gasteiger partial charge in [0.25, 0.3) is 5.91 Å². The highest BCUT2D eigenvalue weighted by Crippen LogP contribution is 2.16. The molecule has 1 aliphatic heterocycles. The number of thiocarbonyl (C=S) groups is 1. The minimum absolute atomic E-state index is 0.0863. The molecule has 7 heteroatoms. The maximum Gasteiger partial charge on any atom is 0.282 e. The van der Waals surface area contributed by atoms with Crippen molar-refractivity contribution in [2.75, 3.05) is 0 Å². The molecule has 1 aromatic rings. The van der Waals surface area contributed by atoms with Gasteiger partial charge < -0.3 is 5.73 Å². The van der Waals surface area contributed by atoms with Crippen LogP contribution in [0.1, 0.15) is 6.92 Å². The Kier molecular flexibility index (Phi) is 3.42. The normalized spacial score (nSPS) is 19.4. The molecule has 0 aromatic heterocycles. The number of hydrazone groups is 1. The lowest BCUT2D eigenvalue weighted by Gasteiger charge is -2.08. The van der Waals surface area contributed by atoms with E-state index in [0.717, 1.165) is 5.01 Å². The van der Waals surface area contributed by atoms with E-state index in [1.54, 1.807) is 19.1 Å². The molecular weight excluding hydrogens is 250 g/mol. The maximum absolute atomic E-state index is 11.9. The first-order valence-corrected chi connectivity index (χ1v) is 5.65. The summed E-state index contributed by atoms with van der Waals surface area (Å²) in [5.74, 6) is -0.375. The van der Waals surface area contributed by atoms with Crippen molar-refractivity contribution in [3.63, 3.8) is 0 Å². The zero-order chi connectivity index (χ0) is 13.1. The van der Waals surface area contributed by atoms with Gasteiger partial charge in [0.1, 0.15) is 0 Å². The molecule has 1 heterocycles. The first kappa shape index (κ1) is 12.3. The zero-order valence-electron chi connectivity index (χ0n) is 9.65. The molecule has 0 bridgehead atoms. The summed E-state index contributed by atoms with van der Waals surface area (Å²) < 4.78 is 0. The van der Waals surface area contributed by atoms with Gasteiger partial charge in [0.15, 0.2) is 11.2 Å². The molecule has 1 aliphatic rings. The molecule has 0 radical (unpaired) electrons. The SMILES string of the molecule is CC1=NN(C(N)=S)C(=O)C1N=Nc1ccccc1. The number of benzene rings is 1. The third kappa shape index (κ3) is 2.40. The summed E-state index contributed by atoms with van der Waals surface area (Å²) in [6.07, 6.45) is 0. The minimum atomic E-state index is -0.744. The van der Waals surface area contributed by atoms with Crippen molar-refractivity contribution in [1.82, 2.24) is 5.01 Å². The van der Waals surface area contributed by atoms with E-state index >= 15 is 0 Å². The fourth-order valence-corrected chi connectivity index (χ4v) is 1.60. The molecule has 6 nitrogen and oxygen atoms in total. The van der Waals surface area contributed by atoms with Crippen molar-refractivity contribution in [1.29, 1.82) is 0 Å². The van der Waals surface area contributed by atoms with E-state index in [1.165, 1.54) is 0 Å². The highest BCUT2D eigenvalue weighted by Gasteiger charge is 2.35. The second kappa shape index (κ2) is 5.01. The molecule has 0 saturated heterocycles. The number of carbonyl (C=O) groups is 1. The first-order chi connectivity index (χ1) is 8.59. The molecular formula is C11H11N5OS. The Hall–Kier alpha value is -2.15. The predicted octanol–water partition coefficient (Wildman–Crippen LogP) is 1.60. The van der Waals surface area contributed by atoms with E-state index in [0.29, 0.717) is 11.4 Å². The van der Waals surface area contributed by atoms with Crippen molar-refractivity contribution < 1.29 is 4.79 Å². The topological polar surface area (TPSA) is 83.4 Å². The van der Waals surface area contributed by atoms with Gasteiger partial charge in [0.2, 0.25) is 0 Å². The Morgan fingerprint density at radius 3 is 2.67 bits per heavy atom. The van der Waals surface area contributed by atoms with Crippen LogP contribution >= 0.6 is 12.2 Å². The molecule has 0 saturated carbocycles. The van der Waals surface area contributed by atoms with Gasteiger partial charge in [0, 0.05) is 0 Å². The van der Waals surface area contributed by atoms with Crippen molar-refractivity contribution >= 4 is 34.6 Å². The van der Waals surface area contributed by atoms with Crippen LogP contribution in [-0.2, 0) is 4.79 Å². The minimum Gasteiger partial charge on any atom is -0.374 e. The van der Waals surface area contributed by atoms with Gasteiger partial charge in [0.05, 0.1) is 11.4 Å². The number of carbonyl (C=O) groups excluding carboxylic acids is 1. The quantitative estimate of drug-likeness (QED) is 0.648. The summed E-state index contributed by atoms with van der Waals surface area (Å²) in [5.41, 5.74) is 6.57. The van der Waals surface area contributed by atoms with Gasteiger partial charge in [-0.3, -0.25) is 4.79 Å². The van der Waals surface area contributed by atoms with Crippen LogP contribution in [-0.4, -0.2) is 27.8 Å². The number of hydrogen-bond donors (Lipinski definition) is 1. The molecule has 0 spiro atoms. The van der Waals surface area contributed by atoms with Crippen LogP contribution < -0.4 is 5.73 Å². The van der Waals surface area contributed by atoms with E-state index in [2.05, 4.69) is 15.3 Å². The Balaban J connectivity index is 2.17. The van der Waals surface area contributed by atoms with Crippen LogP contribution in [0.2, 0.25) is 0 Å². The van der Waals surface area contributed by atoms with Crippen LogP contribution in [0.5, 0.6) is 0 Å². The number of azo groups is 1. The Bertz CT molecular complexity index is 540. The molecule has 1 aromatic carbocycles. The molecule has 1 atom stereocenters. The molecule has 0 aliphatic carbocycles. The van der Waals surface area contributed by atoms with E-state index < -0.39 is 6.04 Å². The third-order valence-corrected chi connectivity index (χ3v) is 2.52. The monoisotopic (exact) mass is 261 g/mol. The smallest absolute Gasteiger partial charge is 0.282 e. The number of amides is 1. The van der Waals surface area contributed by atoms with Crippen LogP contribution in [0.4, 0.5) is 5.69 Å². The maximum atomic E-state index is 11.9. The van der Waals surface area contributed by atoms with Crippen LogP contribution in [0.25, 0.3) is 0 Å². The fourth-order valence-electron chi connectivity index (χ4n) is 1.47. The predicted molar refractivity (Wildman–Crippen MR) is 71.5 cm³/mol. The summed E-state index contributed by atoms with van der Waals surface area (Å²) in [6.45, 7) is 1.69. The third-order valence-electron chi connectivity index (χ3n) is 2.35. The molecule has 1 unspecified atom stereocenters. The lowest BCUT2D eigenvalue weighted by molar-refractivity contribution is -0.126. The highest BCUT2D eigenvalue weighted by molar-refractivity contribution is 7.80. The molecule has 0 fully saturated rings. The van der Waals surface area contributed by atoms with Gasteiger partial charge in [-0.05, 0) is 31.3 Å². The molecule has 18 heavy (non-hydrogen) atoms. The second-order valence-corrected chi connectivity index (χ2v) is 4.10. The lowest BCUT2D eigenvalue weighted by atomic mass is 10.2. The van der Waals surface area contributed by atoms with E-state index in [-0.39, 0.29) is 11.0 Å². The van der Waals surface area contributed by atoms with E-state index in [4.69, 9.17) is 18.0 Å². The van der Waals surface area contributed by atoms with Gasteiger partial charge in [-0.1, -0.05) is 18.2 Å². The first-order valence-electron chi connectivity index (χ1n) is 5.24. The van der Waals surface area contributed by atoms with Gasteiger partial charge in [-0.2, -0.15) is 20.3 Å². The average Bonchev–Trinajstić information content (AvgIpc) is 2.64. The Morgan fingerprint density at radius 1 is 1.44 bits per heavy atom. The second-order valence-electron chi connectivity index (χ2n) is 3.68. The van der Waals surface area contributed by atoms with Crippen molar-refractivity contribution in [3.05, 3.63) is 30.3 Å². The summed E-state index contributed by atoms with van der Waals surface area (Å²) in [6, 6.07) is 8.40. The summed E-state index contributed by atoms with van der Waals surface area (Å²) in [4.78, 5) is 11.9. The summed E-state index contributed by atoms with van der Waals surface area (Å²) >= 11 is 4.72. The number of hydrogen-bond acceptors (Lipinski definition) is 5. The molecule has 1 amide bonds. The molecule has 2 N–H and O–H groups in total.